The lowest BCUT2D eigenvalue weighted by Gasteiger charge is -2.12. The fourth-order valence-corrected chi connectivity index (χ4v) is 2.39. The van der Waals surface area contributed by atoms with Crippen LogP contribution in [-0.2, 0) is 6.54 Å². The first-order valence-corrected chi connectivity index (χ1v) is 6.78. The fraction of sp³-hybridized carbons (Fsp3) is 0.118. The number of hydrogen-bond donors (Lipinski definition) is 1. The number of rotatable bonds is 4. The Morgan fingerprint density at radius 2 is 1.95 bits per heavy atom. The first-order valence-electron chi connectivity index (χ1n) is 6.78. The molecule has 0 aliphatic rings. The molecule has 3 aromatic rings. The van der Waals surface area contributed by atoms with Crippen molar-refractivity contribution in [1.82, 2.24) is 4.98 Å². The van der Waals surface area contributed by atoms with Gasteiger partial charge in [-0.2, -0.15) is 0 Å². The zero-order valence-electron chi connectivity index (χ0n) is 11.9. The molecule has 0 aliphatic heterocycles. The van der Waals surface area contributed by atoms with Crippen molar-refractivity contribution in [3.05, 3.63) is 65.9 Å². The summed E-state index contributed by atoms with van der Waals surface area (Å²) >= 11 is 0. The molecule has 0 saturated heterocycles. The van der Waals surface area contributed by atoms with E-state index in [1.807, 2.05) is 24.3 Å². The molecule has 3 nitrogen and oxygen atoms in total. The smallest absolute Gasteiger partial charge is 0.137 e. The van der Waals surface area contributed by atoms with Crippen LogP contribution in [0, 0.1) is 11.6 Å². The summed E-state index contributed by atoms with van der Waals surface area (Å²) < 4.78 is 32.6. The summed E-state index contributed by atoms with van der Waals surface area (Å²) in [6, 6.07) is 11.3. The molecule has 0 amide bonds. The number of anilines is 1. The fourth-order valence-electron chi connectivity index (χ4n) is 2.39. The average molecular weight is 300 g/mol. The molecule has 0 bridgehead atoms. The lowest BCUT2D eigenvalue weighted by Crippen LogP contribution is -2.04. The van der Waals surface area contributed by atoms with Crippen molar-refractivity contribution in [3.63, 3.8) is 0 Å². The van der Waals surface area contributed by atoms with Gasteiger partial charge in [0.25, 0.3) is 0 Å². The summed E-state index contributed by atoms with van der Waals surface area (Å²) in [5.41, 5.74) is 0.923. The molecule has 5 heteroatoms. The Morgan fingerprint density at radius 3 is 2.77 bits per heavy atom. The molecule has 0 fully saturated rings. The Hall–Kier alpha value is -2.69. The largest absolute Gasteiger partial charge is 0.496 e. The molecule has 0 saturated carbocycles. The molecule has 0 spiro atoms. The van der Waals surface area contributed by atoms with Gasteiger partial charge in [0.05, 0.1) is 12.5 Å². The zero-order valence-corrected chi connectivity index (χ0v) is 11.9. The minimum atomic E-state index is -0.634. The number of nitrogens with one attached hydrogen (secondary N) is 1. The Kier molecular flexibility index (Phi) is 3.87. The second kappa shape index (κ2) is 5.97. The van der Waals surface area contributed by atoms with Gasteiger partial charge in [-0.25, -0.2) is 13.8 Å². The van der Waals surface area contributed by atoms with E-state index in [2.05, 4.69) is 10.3 Å². The number of pyridine rings is 1. The van der Waals surface area contributed by atoms with Crippen molar-refractivity contribution >= 4 is 16.6 Å². The van der Waals surface area contributed by atoms with Crippen LogP contribution < -0.4 is 10.1 Å². The van der Waals surface area contributed by atoms with E-state index < -0.39 is 11.6 Å². The van der Waals surface area contributed by atoms with E-state index in [1.165, 1.54) is 12.3 Å². The van der Waals surface area contributed by atoms with Crippen LogP contribution in [0.25, 0.3) is 10.8 Å². The van der Waals surface area contributed by atoms with E-state index in [0.717, 1.165) is 17.4 Å². The summed E-state index contributed by atoms with van der Waals surface area (Å²) in [6.07, 6.45) is 1.52. The second-order valence-corrected chi connectivity index (χ2v) is 4.81. The van der Waals surface area contributed by atoms with Crippen LogP contribution in [-0.4, -0.2) is 12.1 Å². The molecule has 0 atom stereocenters. The lowest BCUT2D eigenvalue weighted by molar-refractivity contribution is 0.410. The van der Waals surface area contributed by atoms with Crippen LogP contribution in [0.4, 0.5) is 14.6 Å². The number of fused-ring (bicyclic) bond motifs is 1. The molecule has 1 aromatic heterocycles. The number of nitrogens with zero attached hydrogens (tertiary/aromatic N) is 1. The predicted molar refractivity (Wildman–Crippen MR) is 82.0 cm³/mol. The molecule has 0 aliphatic carbocycles. The van der Waals surface area contributed by atoms with Crippen LogP contribution >= 0.6 is 0 Å². The van der Waals surface area contributed by atoms with Crippen LogP contribution in [0.15, 0.2) is 48.7 Å². The normalized spacial score (nSPS) is 10.7. The van der Waals surface area contributed by atoms with Crippen LogP contribution in [0.3, 0.4) is 0 Å². The number of aromatic nitrogens is 1. The van der Waals surface area contributed by atoms with E-state index in [0.29, 0.717) is 17.7 Å². The third-order valence-electron chi connectivity index (χ3n) is 3.42. The molecule has 112 valence electrons. The van der Waals surface area contributed by atoms with E-state index >= 15 is 0 Å². The van der Waals surface area contributed by atoms with Gasteiger partial charge in [-0.05, 0) is 23.6 Å². The van der Waals surface area contributed by atoms with Gasteiger partial charge in [0.15, 0.2) is 0 Å². The van der Waals surface area contributed by atoms with Gasteiger partial charge in [0.2, 0.25) is 0 Å². The maximum Gasteiger partial charge on any atom is 0.137 e. The van der Waals surface area contributed by atoms with Gasteiger partial charge in [-0.3, -0.25) is 0 Å². The highest BCUT2D eigenvalue weighted by atomic mass is 19.1. The van der Waals surface area contributed by atoms with Crippen LogP contribution in [0.5, 0.6) is 5.75 Å². The maximum atomic E-state index is 14.0. The van der Waals surface area contributed by atoms with Gasteiger partial charge in [0.1, 0.15) is 23.2 Å². The van der Waals surface area contributed by atoms with Crippen molar-refractivity contribution in [2.75, 3.05) is 12.4 Å². The summed E-state index contributed by atoms with van der Waals surface area (Å²) in [5, 5.41) is 3.83. The molecule has 3 rings (SSSR count). The number of methoxy groups -OCH3 is 1. The number of hydrogen-bond acceptors (Lipinski definition) is 3. The second-order valence-electron chi connectivity index (χ2n) is 4.81. The molecule has 2 aromatic carbocycles. The highest BCUT2D eigenvalue weighted by Gasteiger charge is 2.10. The molecule has 0 radical (unpaired) electrons. The highest BCUT2D eigenvalue weighted by molar-refractivity contribution is 5.92. The molecule has 22 heavy (non-hydrogen) atoms. The summed E-state index contributed by atoms with van der Waals surface area (Å²) in [6.45, 7) is 0.424. The Morgan fingerprint density at radius 1 is 1.14 bits per heavy atom. The maximum absolute atomic E-state index is 14.0. The standard InChI is InChI=1S/C17H14F2N2O/c1-22-15-5-3-2-4-12(15)10-21-17-16-11(6-7-20-17)8-13(18)9-14(16)19/h2-9H,10H2,1H3,(H,20,21). The van der Waals surface area contributed by atoms with Gasteiger partial charge in [-0.1, -0.05) is 18.2 Å². The topological polar surface area (TPSA) is 34.1 Å². The van der Waals surface area contributed by atoms with Crippen molar-refractivity contribution in [3.8, 4) is 5.75 Å². The van der Waals surface area contributed by atoms with Crippen molar-refractivity contribution < 1.29 is 13.5 Å². The Labute approximate surface area is 126 Å². The monoisotopic (exact) mass is 300 g/mol. The number of halogens is 2. The molecular weight excluding hydrogens is 286 g/mol. The third kappa shape index (κ3) is 2.70. The Balaban J connectivity index is 1.94. The minimum Gasteiger partial charge on any atom is -0.496 e. The average Bonchev–Trinajstić information content (AvgIpc) is 2.52. The summed E-state index contributed by atoms with van der Waals surface area (Å²) in [4.78, 5) is 4.15. The van der Waals surface area contributed by atoms with Gasteiger partial charge in [-0.15, -0.1) is 0 Å². The third-order valence-corrected chi connectivity index (χ3v) is 3.42. The van der Waals surface area contributed by atoms with Crippen LogP contribution in [0.2, 0.25) is 0 Å². The molecule has 1 heterocycles. The van der Waals surface area contributed by atoms with Gasteiger partial charge >= 0.3 is 0 Å². The first kappa shape index (κ1) is 14.3. The molecular formula is C17H14F2N2O. The predicted octanol–water partition coefficient (Wildman–Crippen LogP) is 4.13. The van der Waals surface area contributed by atoms with Gasteiger partial charge < -0.3 is 10.1 Å². The van der Waals surface area contributed by atoms with E-state index in [-0.39, 0.29) is 5.39 Å². The first-order chi connectivity index (χ1) is 10.7. The zero-order chi connectivity index (χ0) is 15.5. The highest BCUT2D eigenvalue weighted by Crippen LogP contribution is 2.26. The molecule has 0 unspecified atom stereocenters. The SMILES string of the molecule is COc1ccccc1CNc1nccc2cc(F)cc(F)c12. The van der Waals surface area contributed by atoms with Gasteiger partial charge in [0, 0.05) is 24.4 Å². The summed E-state index contributed by atoms with van der Waals surface area (Å²) in [7, 11) is 1.59. The minimum absolute atomic E-state index is 0.277. The number of benzene rings is 2. The quantitative estimate of drug-likeness (QED) is 0.786. The van der Waals surface area contributed by atoms with Crippen molar-refractivity contribution in [1.29, 1.82) is 0 Å². The van der Waals surface area contributed by atoms with E-state index in [9.17, 15) is 8.78 Å². The summed E-state index contributed by atoms with van der Waals surface area (Å²) in [5.74, 6) is -0.125. The Bertz CT molecular complexity index is 821. The van der Waals surface area contributed by atoms with Crippen molar-refractivity contribution in [2.24, 2.45) is 0 Å². The van der Waals surface area contributed by atoms with Crippen LogP contribution in [0.1, 0.15) is 5.56 Å². The number of para-hydroxylation sites is 1. The molecule has 1 N–H and O–H groups in total. The van der Waals surface area contributed by atoms with Crippen molar-refractivity contribution in [2.45, 2.75) is 6.54 Å². The lowest BCUT2D eigenvalue weighted by atomic mass is 10.1. The van der Waals surface area contributed by atoms with E-state index in [1.54, 1.807) is 13.2 Å². The van der Waals surface area contributed by atoms with E-state index in [4.69, 9.17) is 4.74 Å². The number of ether oxygens (including phenoxy) is 1.